The lowest BCUT2D eigenvalue weighted by Crippen LogP contribution is -1.97. The number of carbonyl (C=O) groups is 1. The number of carboxylic acid groups (broad SMARTS) is 1. The van der Waals surface area contributed by atoms with Crippen molar-refractivity contribution < 1.29 is 14.6 Å². The Balaban J connectivity index is 2.20. The van der Waals surface area contributed by atoms with Crippen molar-refractivity contribution in [1.82, 2.24) is 0 Å². The van der Waals surface area contributed by atoms with Crippen molar-refractivity contribution in [1.29, 1.82) is 0 Å². The van der Waals surface area contributed by atoms with Crippen LogP contribution in [0, 0.1) is 0 Å². The fourth-order valence-electron chi connectivity index (χ4n) is 2.12. The van der Waals surface area contributed by atoms with E-state index in [0.29, 0.717) is 0 Å². The van der Waals surface area contributed by atoms with Crippen LogP contribution in [0.2, 0.25) is 0 Å². The third kappa shape index (κ3) is 8.90. The van der Waals surface area contributed by atoms with Crippen molar-refractivity contribution in [2.24, 2.45) is 0 Å². The highest BCUT2D eigenvalue weighted by Crippen LogP contribution is 2.15. The van der Waals surface area contributed by atoms with Gasteiger partial charge in [-0.2, -0.15) is 0 Å². The summed E-state index contributed by atoms with van der Waals surface area (Å²) in [6, 6.07) is 7.50. The lowest BCUT2D eigenvalue weighted by molar-refractivity contribution is -0.131. The van der Waals surface area contributed by atoms with Gasteiger partial charge in [0.1, 0.15) is 5.75 Å². The summed E-state index contributed by atoms with van der Waals surface area (Å²) in [6.07, 6.45) is 11.6. The topological polar surface area (TPSA) is 46.5 Å². The Morgan fingerprint density at radius 1 is 1.14 bits per heavy atom. The van der Waals surface area contributed by atoms with Gasteiger partial charge in [-0.05, 0) is 30.2 Å². The molecular weight excluding hydrogens is 264 g/mol. The molecule has 116 valence electrons. The fraction of sp³-hybridized carbons (Fsp3) is 0.500. The van der Waals surface area contributed by atoms with Crippen LogP contribution < -0.4 is 4.74 Å². The molecule has 0 bridgehead atoms. The second-order valence-corrected chi connectivity index (χ2v) is 5.21. The van der Waals surface area contributed by atoms with E-state index in [2.05, 4.69) is 6.92 Å². The minimum Gasteiger partial charge on any atom is -0.494 e. The third-order valence-electron chi connectivity index (χ3n) is 3.29. The molecule has 1 N–H and O–H groups in total. The van der Waals surface area contributed by atoms with Crippen LogP contribution in [0.15, 0.2) is 30.3 Å². The summed E-state index contributed by atoms with van der Waals surface area (Å²) < 4.78 is 5.70. The zero-order valence-electron chi connectivity index (χ0n) is 12.9. The summed E-state index contributed by atoms with van der Waals surface area (Å²) in [5.74, 6) is -0.141. The van der Waals surface area contributed by atoms with Gasteiger partial charge >= 0.3 is 5.97 Å². The molecule has 1 rings (SSSR count). The molecule has 0 heterocycles. The van der Waals surface area contributed by atoms with Crippen molar-refractivity contribution in [2.75, 3.05) is 6.61 Å². The van der Waals surface area contributed by atoms with Gasteiger partial charge in [0.25, 0.3) is 0 Å². The van der Waals surface area contributed by atoms with Gasteiger partial charge in [0.15, 0.2) is 0 Å². The fourth-order valence-corrected chi connectivity index (χ4v) is 2.12. The van der Waals surface area contributed by atoms with Gasteiger partial charge in [0.05, 0.1) is 6.61 Å². The predicted molar refractivity (Wildman–Crippen MR) is 86.6 cm³/mol. The van der Waals surface area contributed by atoms with E-state index in [-0.39, 0.29) is 0 Å². The second kappa shape index (κ2) is 11.0. The normalized spacial score (nSPS) is 10.9. The van der Waals surface area contributed by atoms with Crippen LogP contribution >= 0.6 is 0 Å². The maximum atomic E-state index is 10.5. The van der Waals surface area contributed by atoms with Gasteiger partial charge in [-0.15, -0.1) is 0 Å². The zero-order valence-corrected chi connectivity index (χ0v) is 12.9. The summed E-state index contributed by atoms with van der Waals surface area (Å²) in [4.78, 5) is 10.5. The van der Waals surface area contributed by atoms with Crippen molar-refractivity contribution in [2.45, 2.75) is 51.9 Å². The van der Waals surface area contributed by atoms with E-state index in [1.54, 1.807) is 6.08 Å². The third-order valence-corrected chi connectivity index (χ3v) is 3.29. The molecule has 0 spiro atoms. The Bertz CT molecular complexity index is 438. The lowest BCUT2D eigenvalue weighted by atomic mass is 10.1. The Labute approximate surface area is 127 Å². The number of rotatable bonds is 11. The molecule has 1 aromatic rings. The highest BCUT2D eigenvalue weighted by atomic mass is 16.5. The van der Waals surface area contributed by atoms with Crippen LogP contribution in [0.5, 0.6) is 5.75 Å². The molecule has 0 atom stereocenters. The first-order valence-corrected chi connectivity index (χ1v) is 7.86. The van der Waals surface area contributed by atoms with E-state index in [1.807, 2.05) is 24.3 Å². The van der Waals surface area contributed by atoms with Crippen LogP contribution in [0.25, 0.3) is 6.08 Å². The molecule has 21 heavy (non-hydrogen) atoms. The van der Waals surface area contributed by atoms with E-state index >= 15 is 0 Å². The molecule has 3 heteroatoms. The standard InChI is InChI=1S/C18H26O3/c1-2-3-4-5-6-7-8-14-21-17-11-9-10-16(15-17)12-13-18(19)20/h9-13,15H,2-8,14H2,1H3,(H,19,20)/b13-12+. The molecule has 3 nitrogen and oxygen atoms in total. The van der Waals surface area contributed by atoms with Gasteiger partial charge in [0.2, 0.25) is 0 Å². The van der Waals surface area contributed by atoms with Crippen molar-refractivity contribution in [3.63, 3.8) is 0 Å². The van der Waals surface area contributed by atoms with Crippen molar-refractivity contribution >= 4 is 12.0 Å². The summed E-state index contributed by atoms with van der Waals surface area (Å²) in [7, 11) is 0. The van der Waals surface area contributed by atoms with Crippen molar-refractivity contribution in [3.8, 4) is 5.75 Å². The number of carboxylic acids is 1. The minimum absolute atomic E-state index is 0.722. The number of benzene rings is 1. The Hall–Kier alpha value is -1.77. The Morgan fingerprint density at radius 2 is 1.86 bits per heavy atom. The minimum atomic E-state index is -0.940. The average Bonchev–Trinajstić information content (AvgIpc) is 2.48. The van der Waals surface area contributed by atoms with Crippen LogP contribution in [0.1, 0.15) is 57.4 Å². The molecule has 0 fully saturated rings. The molecule has 0 saturated heterocycles. The second-order valence-electron chi connectivity index (χ2n) is 5.21. The van der Waals surface area contributed by atoms with Gasteiger partial charge < -0.3 is 9.84 Å². The Kier molecular flexibility index (Phi) is 9.01. The van der Waals surface area contributed by atoms with Crippen LogP contribution in [0.4, 0.5) is 0 Å². The van der Waals surface area contributed by atoms with Crippen LogP contribution in [-0.2, 0) is 4.79 Å². The smallest absolute Gasteiger partial charge is 0.328 e. The van der Waals surface area contributed by atoms with E-state index in [1.165, 1.54) is 38.5 Å². The van der Waals surface area contributed by atoms with E-state index in [0.717, 1.165) is 30.4 Å². The quantitative estimate of drug-likeness (QED) is 0.465. The molecule has 0 unspecified atom stereocenters. The molecule has 0 aliphatic rings. The average molecular weight is 290 g/mol. The summed E-state index contributed by atoms with van der Waals surface area (Å²) in [5, 5.41) is 8.60. The summed E-state index contributed by atoms with van der Waals surface area (Å²) in [5.41, 5.74) is 0.842. The molecule has 0 aliphatic carbocycles. The molecule has 0 radical (unpaired) electrons. The largest absolute Gasteiger partial charge is 0.494 e. The highest BCUT2D eigenvalue weighted by Gasteiger charge is 1.96. The molecule has 0 saturated carbocycles. The molecule has 0 amide bonds. The van der Waals surface area contributed by atoms with E-state index in [9.17, 15) is 4.79 Å². The molecule has 0 aromatic heterocycles. The van der Waals surface area contributed by atoms with Crippen molar-refractivity contribution in [3.05, 3.63) is 35.9 Å². The maximum Gasteiger partial charge on any atom is 0.328 e. The SMILES string of the molecule is CCCCCCCCCOc1cccc(/C=C/C(=O)O)c1. The van der Waals surface area contributed by atoms with Gasteiger partial charge in [0, 0.05) is 6.08 Å². The molecular formula is C18H26O3. The van der Waals surface area contributed by atoms with Gasteiger partial charge in [-0.1, -0.05) is 57.6 Å². The monoisotopic (exact) mass is 290 g/mol. The number of aliphatic carboxylic acids is 1. The number of hydrogen-bond donors (Lipinski definition) is 1. The van der Waals surface area contributed by atoms with E-state index in [4.69, 9.17) is 9.84 Å². The Morgan fingerprint density at radius 3 is 2.57 bits per heavy atom. The zero-order chi connectivity index (χ0) is 15.3. The summed E-state index contributed by atoms with van der Waals surface area (Å²) in [6.45, 7) is 2.95. The summed E-state index contributed by atoms with van der Waals surface area (Å²) >= 11 is 0. The molecule has 1 aromatic carbocycles. The first-order chi connectivity index (χ1) is 10.2. The first kappa shape index (κ1) is 17.3. The van der Waals surface area contributed by atoms with Gasteiger partial charge in [-0.25, -0.2) is 4.79 Å². The maximum absolute atomic E-state index is 10.5. The molecule has 0 aliphatic heterocycles. The lowest BCUT2D eigenvalue weighted by Gasteiger charge is -2.07. The predicted octanol–water partition coefficient (Wildman–Crippen LogP) is 4.91. The number of hydrogen-bond acceptors (Lipinski definition) is 2. The van der Waals surface area contributed by atoms with Crippen LogP contribution in [-0.4, -0.2) is 17.7 Å². The van der Waals surface area contributed by atoms with E-state index < -0.39 is 5.97 Å². The number of unbranched alkanes of at least 4 members (excludes halogenated alkanes) is 6. The highest BCUT2D eigenvalue weighted by molar-refractivity contribution is 5.85. The number of ether oxygens (including phenoxy) is 1. The van der Waals surface area contributed by atoms with Crippen LogP contribution in [0.3, 0.4) is 0 Å². The van der Waals surface area contributed by atoms with Gasteiger partial charge in [-0.3, -0.25) is 0 Å². The first-order valence-electron chi connectivity index (χ1n) is 7.86.